The molecule has 1 aromatic heterocycles. The first-order chi connectivity index (χ1) is 11.3. The van der Waals surface area contributed by atoms with Crippen LogP contribution in [0.4, 0.5) is 0 Å². The van der Waals surface area contributed by atoms with Crippen LogP contribution in [-0.2, 0) is 19.4 Å². The summed E-state index contributed by atoms with van der Waals surface area (Å²) in [4.78, 5) is 0. The van der Waals surface area contributed by atoms with E-state index in [1.807, 2.05) is 0 Å². The summed E-state index contributed by atoms with van der Waals surface area (Å²) in [5.74, 6) is 0. The van der Waals surface area contributed by atoms with Crippen LogP contribution in [0.15, 0.2) is 42.5 Å². The lowest BCUT2D eigenvalue weighted by Gasteiger charge is -2.28. The van der Waals surface area contributed by atoms with E-state index in [2.05, 4.69) is 52.3 Å². The van der Waals surface area contributed by atoms with Crippen LogP contribution in [0.3, 0.4) is 0 Å². The fourth-order valence-corrected chi connectivity index (χ4v) is 4.67. The maximum Gasteiger partial charge on any atom is 0.0734 e. The Hall–Kier alpha value is -1.77. The Bertz CT molecular complexity index is 895. The minimum absolute atomic E-state index is 0.289. The summed E-state index contributed by atoms with van der Waals surface area (Å²) in [6, 6.07) is 15.4. The lowest BCUT2D eigenvalue weighted by atomic mass is 9.94. The molecule has 2 aromatic carbocycles. The topological polar surface area (TPSA) is 17.0 Å². The molecule has 2 aliphatic rings. The van der Waals surface area contributed by atoms with Crippen molar-refractivity contribution in [2.45, 2.75) is 31.8 Å². The predicted molar refractivity (Wildman–Crippen MR) is 95.3 cm³/mol. The molecule has 0 amide bonds. The van der Waals surface area contributed by atoms with E-state index < -0.39 is 0 Å². The van der Waals surface area contributed by atoms with Crippen LogP contribution in [0.2, 0.25) is 5.02 Å². The Balaban J connectivity index is 1.83. The molecule has 0 radical (unpaired) electrons. The first-order valence-corrected chi connectivity index (χ1v) is 8.82. The fraction of sp³-hybridized carbons (Fsp3) is 0.300. The number of nitrogens with one attached hydrogen (secondary N) is 1. The molecule has 2 nitrogen and oxygen atoms in total. The molecule has 0 spiro atoms. The first kappa shape index (κ1) is 13.6. The Morgan fingerprint density at radius 1 is 1.09 bits per heavy atom. The van der Waals surface area contributed by atoms with Crippen LogP contribution in [0.5, 0.6) is 0 Å². The normalized spacial score (nSPS) is 19.8. The highest BCUT2D eigenvalue weighted by Gasteiger charge is 2.30. The molecule has 116 valence electrons. The number of rotatable bonds is 1. The van der Waals surface area contributed by atoms with Crippen molar-refractivity contribution in [3.05, 3.63) is 69.9 Å². The minimum Gasteiger partial charge on any atom is -0.342 e. The molecule has 2 aliphatic heterocycles. The average molecular weight is 323 g/mol. The second kappa shape index (κ2) is 5.12. The van der Waals surface area contributed by atoms with E-state index in [0.717, 1.165) is 31.0 Å². The van der Waals surface area contributed by atoms with Crippen molar-refractivity contribution in [2.24, 2.45) is 0 Å². The summed E-state index contributed by atoms with van der Waals surface area (Å²) >= 11 is 6.41. The van der Waals surface area contributed by atoms with Gasteiger partial charge in [0.25, 0.3) is 0 Å². The van der Waals surface area contributed by atoms with Gasteiger partial charge in [0.15, 0.2) is 0 Å². The molecule has 0 fully saturated rings. The molecule has 3 heteroatoms. The zero-order chi connectivity index (χ0) is 15.4. The average Bonchev–Trinajstić information content (AvgIpc) is 2.91. The third-order valence-electron chi connectivity index (χ3n) is 5.31. The van der Waals surface area contributed by atoms with E-state index in [9.17, 15) is 0 Å². The number of aryl methyl sites for hydroxylation is 2. The van der Waals surface area contributed by atoms with Gasteiger partial charge in [0.05, 0.1) is 11.6 Å². The number of aromatic nitrogens is 1. The lowest BCUT2D eigenvalue weighted by molar-refractivity contribution is 0.510. The molecule has 3 aromatic rings. The fourth-order valence-electron chi connectivity index (χ4n) is 4.43. The smallest absolute Gasteiger partial charge is 0.0734 e. The van der Waals surface area contributed by atoms with E-state index in [1.54, 1.807) is 0 Å². The minimum atomic E-state index is 0.289. The van der Waals surface area contributed by atoms with Crippen LogP contribution in [0.25, 0.3) is 10.9 Å². The van der Waals surface area contributed by atoms with Crippen molar-refractivity contribution in [3.63, 3.8) is 0 Å². The van der Waals surface area contributed by atoms with Gasteiger partial charge in [0, 0.05) is 29.2 Å². The van der Waals surface area contributed by atoms with E-state index in [1.165, 1.54) is 39.7 Å². The molecule has 0 bridgehead atoms. The van der Waals surface area contributed by atoms with Crippen LogP contribution in [-0.4, -0.2) is 11.1 Å². The summed E-state index contributed by atoms with van der Waals surface area (Å²) in [6.07, 6.45) is 3.43. The molecule has 5 rings (SSSR count). The van der Waals surface area contributed by atoms with Crippen molar-refractivity contribution in [1.82, 2.24) is 9.88 Å². The molecule has 0 saturated carbocycles. The Labute approximate surface area is 141 Å². The monoisotopic (exact) mass is 322 g/mol. The van der Waals surface area contributed by atoms with Crippen LogP contribution < -0.4 is 5.32 Å². The maximum absolute atomic E-state index is 6.41. The highest BCUT2D eigenvalue weighted by atomic mass is 35.5. The number of nitrogens with zero attached hydrogens (tertiary/aromatic N) is 1. The van der Waals surface area contributed by atoms with Gasteiger partial charge in [0.1, 0.15) is 0 Å². The first-order valence-electron chi connectivity index (χ1n) is 8.44. The predicted octanol–water partition coefficient (Wildman–Crippen LogP) is 4.48. The number of hydrogen-bond acceptors (Lipinski definition) is 1. The van der Waals surface area contributed by atoms with Crippen molar-refractivity contribution < 1.29 is 0 Å². The van der Waals surface area contributed by atoms with Gasteiger partial charge in [-0.3, -0.25) is 0 Å². The lowest BCUT2D eigenvalue weighted by Crippen LogP contribution is -2.32. The van der Waals surface area contributed by atoms with Gasteiger partial charge in [-0.2, -0.15) is 0 Å². The van der Waals surface area contributed by atoms with Crippen molar-refractivity contribution in [2.75, 3.05) is 6.54 Å². The molecule has 1 unspecified atom stereocenters. The molecular weight excluding hydrogens is 304 g/mol. The van der Waals surface area contributed by atoms with E-state index in [-0.39, 0.29) is 6.04 Å². The molecule has 23 heavy (non-hydrogen) atoms. The zero-order valence-corrected chi connectivity index (χ0v) is 13.7. The second-order valence-corrected chi connectivity index (χ2v) is 7.06. The molecule has 0 saturated heterocycles. The molecule has 1 atom stereocenters. The maximum atomic E-state index is 6.41. The standard InChI is InChI=1S/C20H19ClN2/c21-15-11-14-7-4-10-23-19(14)17(12-15)16-8-9-22-18(20(16)23)13-5-2-1-3-6-13/h1-3,5-6,11-12,18,22H,4,7-10H2. The van der Waals surface area contributed by atoms with Crippen LogP contribution >= 0.6 is 11.6 Å². The van der Waals surface area contributed by atoms with Crippen LogP contribution in [0.1, 0.15) is 34.8 Å². The van der Waals surface area contributed by atoms with Gasteiger partial charge >= 0.3 is 0 Å². The van der Waals surface area contributed by atoms with E-state index in [0.29, 0.717) is 0 Å². The van der Waals surface area contributed by atoms with E-state index >= 15 is 0 Å². The summed E-state index contributed by atoms with van der Waals surface area (Å²) in [6.45, 7) is 2.14. The summed E-state index contributed by atoms with van der Waals surface area (Å²) in [5, 5.41) is 5.99. The van der Waals surface area contributed by atoms with Gasteiger partial charge in [-0.25, -0.2) is 0 Å². The van der Waals surface area contributed by atoms with E-state index in [4.69, 9.17) is 11.6 Å². The number of hydrogen-bond donors (Lipinski definition) is 1. The Morgan fingerprint density at radius 3 is 2.83 bits per heavy atom. The van der Waals surface area contributed by atoms with Gasteiger partial charge in [-0.05, 0) is 48.1 Å². The second-order valence-electron chi connectivity index (χ2n) is 6.63. The quantitative estimate of drug-likeness (QED) is 0.699. The molecule has 3 heterocycles. The summed E-state index contributed by atoms with van der Waals surface area (Å²) < 4.78 is 2.56. The highest BCUT2D eigenvalue weighted by Crippen LogP contribution is 2.40. The third-order valence-corrected chi connectivity index (χ3v) is 5.52. The zero-order valence-electron chi connectivity index (χ0n) is 13.0. The van der Waals surface area contributed by atoms with Gasteiger partial charge in [0.2, 0.25) is 0 Å². The van der Waals surface area contributed by atoms with Crippen molar-refractivity contribution >= 4 is 22.5 Å². The van der Waals surface area contributed by atoms with Crippen LogP contribution in [0, 0.1) is 0 Å². The highest BCUT2D eigenvalue weighted by molar-refractivity contribution is 6.31. The number of fused-ring (bicyclic) bond motifs is 3. The molecular formula is C20H19ClN2. The SMILES string of the molecule is Clc1cc2c3c(c1)c1c(n3CCC2)C(c2ccccc2)NCC1. The van der Waals surface area contributed by atoms with Gasteiger partial charge < -0.3 is 9.88 Å². The molecule has 0 aliphatic carbocycles. The van der Waals surface area contributed by atoms with Crippen molar-refractivity contribution in [1.29, 1.82) is 0 Å². The van der Waals surface area contributed by atoms with Gasteiger partial charge in [-0.1, -0.05) is 41.9 Å². The largest absolute Gasteiger partial charge is 0.342 e. The number of benzene rings is 2. The van der Waals surface area contributed by atoms with Gasteiger partial charge in [-0.15, -0.1) is 0 Å². The summed E-state index contributed by atoms with van der Waals surface area (Å²) in [7, 11) is 0. The molecule has 1 N–H and O–H groups in total. The Kier molecular flexibility index (Phi) is 3.04. The van der Waals surface area contributed by atoms with Crippen molar-refractivity contribution in [3.8, 4) is 0 Å². The summed E-state index contributed by atoms with van der Waals surface area (Å²) in [5.41, 5.74) is 7.15. The third kappa shape index (κ3) is 1.98. The number of halogens is 1. The Morgan fingerprint density at radius 2 is 1.96 bits per heavy atom.